The number of primary amides is 1. The maximum absolute atomic E-state index is 12.6. The number of morpholine rings is 1. The van der Waals surface area contributed by atoms with Crippen molar-refractivity contribution in [1.82, 2.24) is 19.3 Å². The van der Waals surface area contributed by atoms with Crippen molar-refractivity contribution in [1.29, 1.82) is 0 Å². The van der Waals surface area contributed by atoms with Gasteiger partial charge in [-0.1, -0.05) is 12.1 Å². The van der Waals surface area contributed by atoms with Crippen LogP contribution in [0.15, 0.2) is 36.7 Å². The molecule has 3 heterocycles. The van der Waals surface area contributed by atoms with Gasteiger partial charge in [0.2, 0.25) is 11.8 Å². The van der Waals surface area contributed by atoms with E-state index in [4.69, 9.17) is 25.9 Å². The van der Waals surface area contributed by atoms with Gasteiger partial charge in [-0.25, -0.2) is 9.97 Å². The molecular weight excluding hydrogens is 412 g/mol. The molecule has 2 aromatic heterocycles. The number of nitrogen functional groups attached to an aromatic ring is 1. The maximum Gasteiger partial charge on any atom is 0.248 e. The van der Waals surface area contributed by atoms with Crippen LogP contribution < -0.4 is 11.5 Å². The van der Waals surface area contributed by atoms with Crippen molar-refractivity contribution in [3.05, 3.63) is 48.0 Å². The molecule has 1 aliphatic heterocycles. The largest absolute Gasteiger partial charge is 0.382 e. The predicted octanol–water partition coefficient (Wildman–Crippen LogP) is 1.40. The van der Waals surface area contributed by atoms with Crippen LogP contribution in [0.1, 0.15) is 35.6 Å². The van der Waals surface area contributed by atoms with Gasteiger partial charge in [0.1, 0.15) is 29.0 Å². The quantitative estimate of drug-likeness (QED) is 0.532. The van der Waals surface area contributed by atoms with E-state index in [0.717, 1.165) is 5.56 Å². The first-order valence-corrected chi connectivity index (χ1v) is 10.5. The fourth-order valence-corrected chi connectivity index (χ4v) is 3.80. The Kier molecular flexibility index (Phi) is 6.33. The zero-order valence-electron chi connectivity index (χ0n) is 17.9. The summed E-state index contributed by atoms with van der Waals surface area (Å²) in [6, 6.07) is 6.82. The third kappa shape index (κ3) is 4.27. The van der Waals surface area contributed by atoms with Gasteiger partial charge < -0.3 is 25.8 Å². The monoisotopic (exact) mass is 438 g/mol. The summed E-state index contributed by atoms with van der Waals surface area (Å²) < 4.78 is 13.1. The zero-order chi connectivity index (χ0) is 22.7. The molecule has 0 spiro atoms. The highest BCUT2D eigenvalue weighted by Crippen LogP contribution is 2.32. The van der Waals surface area contributed by atoms with Crippen LogP contribution in [-0.2, 0) is 14.3 Å². The number of anilines is 1. The molecule has 0 bridgehead atoms. The average molecular weight is 438 g/mol. The van der Waals surface area contributed by atoms with Crippen molar-refractivity contribution in [2.24, 2.45) is 5.73 Å². The molecular formula is C22H26N6O4. The van der Waals surface area contributed by atoms with E-state index in [9.17, 15) is 9.59 Å². The predicted molar refractivity (Wildman–Crippen MR) is 118 cm³/mol. The van der Waals surface area contributed by atoms with Crippen molar-refractivity contribution < 1.29 is 19.1 Å². The van der Waals surface area contributed by atoms with E-state index in [1.165, 1.54) is 0 Å². The fraction of sp³-hybridized carbons (Fsp3) is 0.364. The lowest BCUT2D eigenvalue weighted by atomic mass is 10.1. The molecule has 2 amide bonds. The van der Waals surface area contributed by atoms with E-state index in [0.29, 0.717) is 67.7 Å². The number of nitrogens with zero attached hydrogens (tertiary/aromatic N) is 4. The van der Waals surface area contributed by atoms with E-state index in [-0.39, 0.29) is 5.91 Å². The number of hydrogen-bond donors (Lipinski definition) is 2. The smallest absolute Gasteiger partial charge is 0.248 e. The minimum absolute atomic E-state index is 0.0241. The highest BCUT2D eigenvalue weighted by atomic mass is 16.5. The molecule has 1 unspecified atom stereocenters. The highest BCUT2D eigenvalue weighted by Gasteiger charge is 2.30. The van der Waals surface area contributed by atoms with Crippen LogP contribution in [0.3, 0.4) is 0 Å². The zero-order valence-corrected chi connectivity index (χ0v) is 17.9. The van der Waals surface area contributed by atoms with Crippen LogP contribution in [0.5, 0.6) is 0 Å². The summed E-state index contributed by atoms with van der Waals surface area (Å²) in [4.78, 5) is 34.8. The second kappa shape index (κ2) is 9.33. The number of benzene rings is 1. The Morgan fingerprint density at radius 2 is 2.06 bits per heavy atom. The third-order valence-electron chi connectivity index (χ3n) is 5.42. The number of imidazole rings is 1. The Morgan fingerprint density at radius 1 is 1.28 bits per heavy atom. The van der Waals surface area contributed by atoms with Gasteiger partial charge in [-0.15, -0.1) is 0 Å². The molecule has 0 aliphatic carbocycles. The van der Waals surface area contributed by atoms with Crippen molar-refractivity contribution in [3.63, 3.8) is 0 Å². The van der Waals surface area contributed by atoms with Crippen molar-refractivity contribution in [2.75, 3.05) is 38.6 Å². The molecule has 0 saturated carbocycles. The number of carbonyl (C=O) groups excluding carboxylic acids is 2. The third-order valence-corrected chi connectivity index (χ3v) is 5.42. The summed E-state index contributed by atoms with van der Waals surface area (Å²) in [6.07, 6.45) is 3.28. The van der Waals surface area contributed by atoms with Crippen LogP contribution >= 0.6 is 0 Å². The summed E-state index contributed by atoms with van der Waals surface area (Å²) in [6.45, 7) is 4.19. The normalized spacial score (nSPS) is 16.4. The molecule has 32 heavy (non-hydrogen) atoms. The Morgan fingerprint density at radius 3 is 2.78 bits per heavy atom. The molecule has 1 saturated heterocycles. The number of rotatable bonds is 7. The molecule has 168 valence electrons. The van der Waals surface area contributed by atoms with Crippen LogP contribution in [0.4, 0.5) is 5.82 Å². The van der Waals surface area contributed by atoms with Crippen molar-refractivity contribution in [3.8, 4) is 11.3 Å². The first-order chi connectivity index (χ1) is 15.5. The number of ether oxygens (including phenoxy) is 2. The fourth-order valence-electron chi connectivity index (χ4n) is 3.80. The van der Waals surface area contributed by atoms with Gasteiger partial charge in [0.25, 0.3) is 0 Å². The Bertz CT molecular complexity index is 1130. The summed E-state index contributed by atoms with van der Waals surface area (Å²) in [5, 5.41) is 0. The van der Waals surface area contributed by atoms with Gasteiger partial charge >= 0.3 is 0 Å². The molecule has 1 aliphatic rings. The molecule has 4 rings (SSSR count). The second-order valence-corrected chi connectivity index (χ2v) is 7.44. The van der Waals surface area contributed by atoms with Gasteiger partial charge in [0, 0.05) is 36.7 Å². The topological polar surface area (TPSA) is 138 Å². The van der Waals surface area contributed by atoms with Crippen LogP contribution in [0, 0.1) is 0 Å². The van der Waals surface area contributed by atoms with Gasteiger partial charge in [0.05, 0.1) is 26.2 Å². The summed E-state index contributed by atoms with van der Waals surface area (Å²) in [7, 11) is 0. The highest BCUT2D eigenvalue weighted by molar-refractivity contribution is 5.94. The van der Waals surface area contributed by atoms with E-state index < -0.39 is 12.0 Å². The Labute approximate surface area is 185 Å². The minimum Gasteiger partial charge on any atom is -0.382 e. The molecule has 1 atom stereocenters. The van der Waals surface area contributed by atoms with Gasteiger partial charge in [-0.2, -0.15) is 0 Å². The lowest BCUT2D eigenvalue weighted by molar-refractivity contribution is -0.140. The number of hydrogen-bond acceptors (Lipinski definition) is 7. The first-order valence-electron chi connectivity index (χ1n) is 10.5. The van der Waals surface area contributed by atoms with E-state index in [1.807, 2.05) is 11.3 Å². The van der Waals surface area contributed by atoms with E-state index in [2.05, 4.69) is 4.98 Å². The number of aromatic nitrogens is 3. The van der Waals surface area contributed by atoms with E-state index in [1.54, 1.807) is 41.6 Å². The molecule has 10 heteroatoms. The van der Waals surface area contributed by atoms with Crippen LogP contribution in [0.2, 0.25) is 0 Å². The van der Waals surface area contributed by atoms with Crippen molar-refractivity contribution in [2.45, 2.75) is 19.4 Å². The van der Waals surface area contributed by atoms with E-state index >= 15 is 0 Å². The lowest BCUT2D eigenvalue weighted by Gasteiger charge is -2.32. The van der Waals surface area contributed by atoms with Crippen LogP contribution in [-0.4, -0.2) is 64.0 Å². The molecule has 4 N–H and O–H groups in total. The Hall–Kier alpha value is -3.50. The summed E-state index contributed by atoms with van der Waals surface area (Å²) >= 11 is 0. The molecule has 0 radical (unpaired) electrons. The van der Waals surface area contributed by atoms with Gasteiger partial charge in [0.15, 0.2) is 0 Å². The number of nitrogens with two attached hydrogens (primary N) is 2. The minimum atomic E-state index is -0.502. The van der Waals surface area contributed by atoms with Crippen LogP contribution in [0.25, 0.3) is 16.8 Å². The summed E-state index contributed by atoms with van der Waals surface area (Å²) in [5.74, 6) is 0.472. The van der Waals surface area contributed by atoms with Gasteiger partial charge in [-0.3, -0.25) is 14.0 Å². The number of amides is 2. The maximum atomic E-state index is 12.6. The van der Waals surface area contributed by atoms with Gasteiger partial charge in [-0.05, 0) is 19.1 Å². The number of fused-ring (bicyclic) bond motifs is 1. The molecule has 1 fully saturated rings. The van der Waals surface area contributed by atoms with Crippen molar-refractivity contribution >= 4 is 23.1 Å². The number of carbonyl (C=O) groups is 2. The lowest BCUT2D eigenvalue weighted by Crippen LogP contribution is -2.43. The standard InChI is InChI=1S/C22H26N6O4/c1-2-31-11-7-17(29)27-10-12-32-16(13-27)22-26-18(19-20(23)25-8-9-28(19)22)14-3-5-15(6-4-14)21(24)30/h3-6,8-9,16H,2,7,10-13H2,1H3,(H2,23,25)(H2,24,30). The molecule has 3 aromatic rings. The molecule has 1 aromatic carbocycles. The SMILES string of the molecule is CCOCCC(=O)N1CCOC(c2nc(-c3ccc(C(N)=O)cc3)c3c(N)nccn23)C1. The Balaban J connectivity index is 1.67. The molecule has 10 nitrogen and oxygen atoms in total. The average Bonchev–Trinajstić information content (AvgIpc) is 3.20. The summed E-state index contributed by atoms with van der Waals surface area (Å²) in [5.41, 5.74) is 14.0. The first kappa shape index (κ1) is 21.7. The second-order valence-electron chi connectivity index (χ2n) is 7.44.